The Morgan fingerprint density at radius 1 is 1.62 bits per heavy atom. The first kappa shape index (κ1) is 6.87. The molecule has 0 aliphatic rings. The van der Waals surface area contributed by atoms with Crippen molar-refractivity contribution in [3.8, 4) is 0 Å². The molecular formula is C3H6N2O3. The lowest BCUT2D eigenvalue weighted by Gasteiger charge is -1.98. The number of nitro groups is 1. The van der Waals surface area contributed by atoms with Gasteiger partial charge in [-0.25, -0.2) is 4.90 Å². The quantitative estimate of drug-likeness (QED) is 0.330. The van der Waals surface area contributed by atoms with Gasteiger partial charge in [0.2, 0.25) is 0 Å². The second-order valence-corrected chi connectivity index (χ2v) is 1.43. The fourth-order valence-electron chi connectivity index (χ4n) is 0.163. The van der Waals surface area contributed by atoms with E-state index in [1.54, 1.807) is 0 Å². The van der Waals surface area contributed by atoms with E-state index in [1.165, 1.54) is 14.1 Å². The number of amides is 2. The van der Waals surface area contributed by atoms with Crippen molar-refractivity contribution < 1.29 is 9.72 Å². The summed E-state index contributed by atoms with van der Waals surface area (Å²) < 4.78 is 0. The molecule has 0 aliphatic heterocycles. The number of hydrogen-bond acceptors (Lipinski definition) is 3. The molecule has 0 heterocycles. The van der Waals surface area contributed by atoms with Crippen LogP contribution >= 0.6 is 0 Å². The predicted molar refractivity (Wildman–Crippen MR) is 26.1 cm³/mol. The second-order valence-electron chi connectivity index (χ2n) is 1.43. The highest BCUT2D eigenvalue weighted by atomic mass is 16.6. The number of carbonyl (C=O) groups is 1. The van der Waals surface area contributed by atoms with Crippen LogP contribution in [-0.2, 0) is 0 Å². The first-order valence-electron chi connectivity index (χ1n) is 1.91. The number of hydrogen-bond donors (Lipinski definition) is 0. The molecule has 46 valence electrons. The van der Waals surface area contributed by atoms with Gasteiger partial charge < -0.3 is 10.1 Å². The Labute approximate surface area is 46.0 Å². The summed E-state index contributed by atoms with van der Waals surface area (Å²) in [6, 6.07) is -1.09. The van der Waals surface area contributed by atoms with E-state index in [2.05, 4.69) is 0 Å². The third-order valence-corrected chi connectivity index (χ3v) is 0.539. The highest BCUT2D eigenvalue weighted by Crippen LogP contribution is 1.79. The summed E-state index contributed by atoms with van der Waals surface area (Å²) in [5.74, 6) is 0. The summed E-state index contributed by atoms with van der Waals surface area (Å²) in [5, 5.41) is 9.56. The van der Waals surface area contributed by atoms with Crippen LogP contribution in [-0.4, -0.2) is 29.9 Å². The van der Waals surface area contributed by atoms with E-state index in [1.807, 2.05) is 0 Å². The molecule has 0 saturated carbocycles. The van der Waals surface area contributed by atoms with E-state index >= 15 is 0 Å². The summed E-state index contributed by atoms with van der Waals surface area (Å²) in [4.78, 5) is 19.6. The molecule has 0 bridgehead atoms. The van der Waals surface area contributed by atoms with Crippen molar-refractivity contribution in [2.24, 2.45) is 0 Å². The van der Waals surface area contributed by atoms with E-state index in [0.29, 0.717) is 0 Å². The van der Waals surface area contributed by atoms with Crippen molar-refractivity contribution >= 4 is 6.03 Å². The Balaban J connectivity index is 3.84. The van der Waals surface area contributed by atoms with E-state index in [0.717, 1.165) is 4.90 Å². The molecule has 0 fully saturated rings. The summed E-state index contributed by atoms with van der Waals surface area (Å²) in [5.41, 5.74) is 0. The molecule has 0 aliphatic carbocycles. The predicted octanol–water partition coefficient (Wildman–Crippen LogP) is -0.0553. The van der Waals surface area contributed by atoms with Crippen LogP contribution in [0.2, 0.25) is 0 Å². The summed E-state index contributed by atoms with van der Waals surface area (Å²) in [7, 11) is 2.65. The Hall–Kier alpha value is -1.13. The smallest absolute Gasteiger partial charge is 0.355 e. The van der Waals surface area contributed by atoms with Gasteiger partial charge in [-0.2, -0.15) is 4.79 Å². The van der Waals surface area contributed by atoms with Gasteiger partial charge in [0.05, 0.1) is 14.1 Å². The van der Waals surface area contributed by atoms with Crippen molar-refractivity contribution in [1.82, 2.24) is 4.90 Å². The highest BCUT2D eigenvalue weighted by Gasteiger charge is 2.13. The average Bonchev–Trinajstić information content (AvgIpc) is 1.64. The maximum Gasteiger partial charge on any atom is 0.533 e. The van der Waals surface area contributed by atoms with Crippen LogP contribution in [0.25, 0.3) is 0 Å². The zero-order valence-corrected chi connectivity index (χ0v) is 4.62. The first-order chi connectivity index (χ1) is 3.55. The Kier molecular flexibility index (Phi) is 1.93. The molecule has 0 aromatic rings. The van der Waals surface area contributed by atoms with E-state index in [9.17, 15) is 14.9 Å². The van der Waals surface area contributed by atoms with Crippen LogP contribution in [0.3, 0.4) is 0 Å². The molecule has 0 radical (unpaired) electrons. The van der Waals surface area contributed by atoms with Crippen LogP contribution in [0, 0.1) is 10.1 Å². The number of urea groups is 1. The average molecular weight is 118 g/mol. The van der Waals surface area contributed by atoms with Gasteiger partial charge in [0.15, 0.2) is 0 Å². The molecule has 2 amide bonds. The summed E-state index contributed by atoms with van der Waals surface area (Å²) in [6.45, 7) is 0. The standard InChI is InChI=1S/C3H6N2O3/c1-4(2)3(6)5(7)8/h1-2H3. The van der Waals surface area contributed by atoms with Crippen molar-refractivity contribution in [3.05, 3.63) is 10.1 Å². The van der Waals surface area contributed by atoms with Gasteiger partial charge in [-0.1, -0.05) is 0 Å². The number of nitrogens with zero attached hydrogens (tertiary/aromatic N) is 2. The van der Waals surface area contributed by atoms with E-state index in [4.69, 9.17) is 0 Å². The fraction of sp³-hybridized carbons (Fsp3) is 0.667. The lowest BCUT2D eigenvalue weighted by Crippen LogP contribution is -2.27. The van der Waals surface area contributed by atoms with Crippen LogP contribution < -0.4 is 0 Å². The van der Waals surface area contributed by atoms with Crippen LogP contribution in [0.1, 0.15) is 0 Å². The largest absolute Gasteiger partial charge is 0.533 e. The zero-order valence-electron chi connectivity index (χ0n) is 4.62. The van der Waals surface area contributed by atoms with Gasteiger partial charge in [-0.15, -0.1) is 0 Å². The van der Waals surface area contributed by atoms with Crippen molar-refractivity contribution in [2.45, 2.75) is 0 Å². The number of rotatable bonds is 0. The van der Waals surface area contributed by atoms with Gasteiger partial charge in [0.1, 0.15) is 0 Å². The lowest BCUT2D eigenvalue weighted by molar-refractivity contribution is -0.382. The molecule has 0 aromatic heterocycles. The molecule has 0 aromatic carbocycles. The Morgan fingerprint density at radius 2 is 2.00 bits per heavy atom. The molecule has 8 heavy (non-hydrogen) atoms. The van der Waals surface area contributed by atoms with Gasteiger partial charge >= 0.3 is 6.03 Å². The molecule has 0 spiro atoms. The van der Waals surface area contributed by atoms with E-state index < -0.39 is 11.0 Å². The van der Waals surface area contributed by atoms with Gasteiger partial charge in [0, 0.05) is 4.92 Å². The highest BCUT2D eigenvalue weighted by molar-refractivity contribution is 5.64. The lowest BCUT2D eigenvalue weighted by atomic mass is 10.9. The van der Waals surface area contributed by atoms with Crippen LogP contribution in [0.15, 0.2) is 0 Å². The number of carbonyl (C=O) groups excluding carboxylic acids is 1. The fourth-order valence-corrected chi connectivity index (χ4v) is 0.163. The summed E-state index contributed by atoms with van der Waals surface area (Å²) in [6.07, 6.45) is 0. The minimum Gasteiger partial charge on any atom is -0.355 e. The molecule has 0 N–H and O–H groups in total. The molecule has 5 heteroatoms. The maximum absolute atomic E-state index is 10.1. The summed E-state index contributed by atoms with van der Waals surface area (Å²) >= 11 is 0. The molecule has 5 nitrogen and oxygen atoms in total. The maximum atomic E-state index is 10.1. The van der Waals surface area contributed by atoms with Gasteiger partial charge in [-0.05, 0) is 0 Å². The van der Waals surface area contributed by atoms with Crippen molar-refractivity contribution in [2.75, 3.05) is 14.1 Å². The molecule has 0 unspecified atom stereocenters. The SMILES string of the molecule is CN(C)C(=O)[N+](=O)[O-]. The Bertz CT molecular complexity index is 120. The third-order valence-electron chi connectivity index (χ3n) is 0.539. The monoisotopic (exact) mass is 118 g/mol. The molecule has 0 rings (SSSR count). The van der Waals surface area contributed by atoms with E-state index in [-0.39, 0.29) is 0 Å². The van der Waals surface area contributed by atoms with Gasteiger partial charge in [-0.3, -0.25) is 0 Å². The van der Waals surface area contributed by atoms with Crippen LogP contribution in [0.4, 0.5) is 4.79 Å². The zero-order chi connectivity index (χ0) is 6.73. The minimum atomic E-state index is -1.09. The molecular weight excluding hydrogens is 112 g/mol. The van der Waals surface area contributed by atoms with Crippen molar-refractivity contribution in [3.63, 3.8) is 0 Å². The normalized spacial score (nSPS) is 8.25. The molecule has 0 saturated heterocycles. The topological polar surface area (TPSA) is 63.5 Å². The van der Waals surface area contributed by atoms with Gasteiger partial charge in [0.25, 0.3) is 0 Å². The molecule has 0 atom stereocenters. The second kappa shape index (κ2) is 2.25. The third kappa shape index (κ3) is 1.55. The van der Waals surface area contributed by atoms with Crippen LogP contribution in [0.5, 0.6) is 0 Å². The first-order valence-corrected chi connectivity index (χ1v) is 1.91. The minimum absolute atomic E-state index is 0.903. The van der Waals surface area contributed by atoms with Crippen molar-refractivity contribution in [1.29, 1.82) is 0 Å². The Morgan fingerprint density at radius 3 is 2.00 bits per heavy atom.